The number of fused-ring (bicyclic) bond motifs is 2. The third-order valence-electron chi connectivity index (χ3n) is 5.89. The number of carbonyl (C=O) groups is 1. The molecule has 0 N–H and O–H groups in total. The molecule has 0 spiro atoms. The molecule has 2 saturated carbocycles. The number of benzene rings is 1. The third-order valence-corrected chi connectivity index (χ3v) is 6.83. The molecule has 3 unspecified atom stereocenters. The molecule has 6 nitrogen and oxygen atoms in total. The smallest absolute Gasteiger partial charge is 0.203 e. The summed E-state index contributed by atoms with van der Waals surface area (Å²) in [5.41, 5.74) is -0.209. The van der Waals surface area contributed by atoms with Gasteiger partial charge in [-0.1, -0.05) is 48.5 Å². The Bertz CT molecular complexity index is 769. The minimum absolute atomic E-state index is 0.0222. The highest BCUT2D eigenvalue weighted by atomic mass is 32.2. The van der Waals surface area contributed by atoms with Gasteiger partial charge in [0.25, 0.3) is 0 Å². The van der Waals surface area contributed by atoms with Gasteiger partial charge >= 0.3 is 0 Å². The van der Waals surface area contributed by atoms with Gasteiger partial charge in [0.1, 0.15) is 11.9 Å². The lowest BCUT2D eigenvalue weighted by atomic mass is 9.70. The predicted molar refractivity (Wildman–Crippen MR) is 92.3 cm³/mol. The van der Waals surface area contributed by atoms with Crippen LogP contribution < -0.4 is 0 Å². The molecule has 132 valence electrons. The maximum atomic E-state index is 12.4. The lowest BCUT2D eigenvalue weighted by Crippen LogP contribution is -2.41. The number of rotatable bonds is 6. The number of carbonyl (C=O) groups excluding carboxylic acids is 1. The molecule has 0 radical (unpaired) electrons. The van der Waals surface area contributed by atoms with Crippen molar-refractivity contribution in [3.05, 3.63) is 35.9 Å². The average Bonchev–Trinajstić information content (AvgIpc) is 2.94. The second-order valence-electron chi connectivity index (χ2n) is 7.18. The molecule has 25 heavy (non-hydrogen) atoms. The van der Waals surface area contributed by atoms with Crippen LogP contribution in [0.4, 0.5) is 0 Å². The van der Waals surface area contributed by atoms with E-state index in [1.807, 2.05) is 12.1 Å². The zero-order chi connectivity index (χ0) is 18.1. The number of nitrogens with zero attached hydrogens (tertiary/aromatic N) is 2. The highest BCUT2D eigenvalue weighted by Gasteiger charge is 2.64. The Kier molecular flexibility index (Phi) is 4.76. The van der Waals surface area contributed by atoms with Crippen molar-refractivity contribution in [1.29, 1.82) is 5.26 Å². The Morgan fingerprint density at radius 2 is 2.12 bits per heavy atom. The lowest BCUT2D eigenvalue weighted by Gasteiger charge is -2.35. The van der Waals surface area contributed by atoms with Crippen LogP contribution >= 0.6 is 0 Å². The second kappa shape index (κ2) is 6.70. The van der Waals surface area contributed by atoms with E-state index < -0.39 is 16.5 Å². The Hall–Kier alpha value is -2.04. The van der Waals surface area contributed by atoms with Crippen LogP contribution in [0.25, 0.3) is 0 Å². The Morgan fingerprint density at radius 3 is 2.68 bits per heavy atom. The third kappa shape index (κ3) is 3.00. The molecule has 1 aromatic rings. The van der Waals surface area contributed by atoms with Crippen LogP contribution in [0.5, 0.6) is 0 Å². The largest absolute Gasteiger partial charge is 0.299 e. The number of ketones is 1. The maximum absolute atomic E-state index is 12.4. The van der Waals surface area contributed by atoms with Gasteiger partial charge in [-0.3, -0.25) is 4.79 Å². The van der Waals surface area contributed by atoms with E-state index in [0.29, 0.717) is 17.9 Å². The van der Waals surface area contributed by atoms with Gasteiger partial charge in [-0.2, -0.15) is 5.26 Å². The molecule has 2 aliphatic rings. The van der Waals surface area contributed by atoms with Gasteiger partial charge in [0.05, 0.1) is 5.75 Å². The molecule has 1 aromatic carbocycles. The molecule has 2 fully saturated rings. The second-order valence-corrected chi connectivity index (χ2v) is 8.21. The molecule has 0 saturated heterocycles. The molecule has 3 rings (SSSR count). The summed E-state index contributed by atoms with van der Waals surface area (Å²) in [7, 11) is 0. The molecular weight excluding hydrogens is 340 g/mol. The van der Waals surface area contributed by atoms with Crippen LogP contribution in [0.2, 0.25) is 0 Å². The number of nitriles is 1. The zero-order valence-corrected chi connectivity index (χ0v) is 15.0. The molecule has 2 aliphatic carbocycles. The molecule has 0 amide bonds. The van der Waals surface area contributed by atoms with Crippen molar-refractivity contribution < 1.29 is 18.3 Å². The van der Waals surface area contributed by atoms with Crippen molar-refractivity contribution in [3.8, 4) is 6.07 Å². The first kappa shape index (κ1) is 17.8. The summed E-state index contributed by atoms with van der Waals surface area (Å²) in [6.45, 7) is 4.13. The van der Waals surface area contributed by atoms with Crippen LogP contribution in [0, 0.1) is 28.1 Å². The van der Waals surface area contributed by atoms with E-state index in [9.17, 15) is 9.00 Å². The Morgan fingerprint density at radius 1 is 1.40 bits per heavy atom. The van der Waals surface area contributed by atoms with Crippen molar-refractivity contribution in [1.82, 2.24) is 0 Å². The van der Waals surface area contributed by atoms with Crippen molar-refractivity contribution in [2.75, 3.05) is 5.75 Å². The van der Waals surface area contributed by atoms with E-state index >= 15 is 0 Å². The van der Waals surface area contributed by atoms with Crippen LogP contribution in [-0.4, -0.2) is 21.5 Å². The molecule has 3 atom stereocenters. The molecule has 0 aromatic heterocycles. The topological polar surface area (TPSA) is 88.8 Å². The van der Waals surface area contributed by atoms with Gasteiger partial charge in [-0.25, -0.2) is 9.20 Å². The van der Waals surface area contributed by atoms with Gasteiger partial charge in [0.2, 0.25) is 11.1 Å². The van der Waals surface area contributed by atoms with Gasteiger partial charge < -0.3 is 0 Å². The van der Waals surface area contributed by atoms with Crippen LogP contribution in [-0.2, 0) is 25.2 Å². The summed E-state index contributed by atoms with van der Waals surface area (Å²) < 4.78 is 17.1. The number of hydrogen-bond donors (Lipinski definition) is 0. The molecule has 0 aliphatic heterocycles. The zero-order valence-electron chi connectivity index (χ0n) is 14.2. The van der Waals surface area contributed by atoms with E-state index in [0.717, 1.165) is 12.8 Å². The van der Waals surface area contributed by atoms with E-state index in [2.05, 4.69) is 24.0 Å². The summed E-state index contributed by atoms with van der Waals surface area (Å²) in [5, 5.41) is 12.7. The molecule has 7 heteroatoms. The van der Waals surface area contributed by atoms with Gasteiger partial charge in [-0.05, 0) is 29.3 Å². The quantitative estimate of drug-likeness (QED) is 0.442. The number of oxime groups is 1. The minimum Gasteiger partial charge on any atom is -0.299 e. The standard InChI is InChI=1S/C18H20N2O4S/c1-17(2)14-8-9-18(17,16(21)10-14)12-25(22)24-23-20-15(11-19)13-6-4-3-5-7-13/h3-7,14H,8-10,12H2,1-2H3/b20-15-. The summed E-state index contributed by atoms with van der Waals surface area (Å²) in [4.78, 5) is 17.1. The molecule has 2 bridgehead atoms. The molecular formula is C18H20N2O4S. The van der Waals surface area contributed by atoms with E-state index in [4.69, 9.17) is 9.60 Å². The highest BCUT2D eigenvalue weighted by Crippen LogP contribution is 2.64. The highest BCUT2D eigenvalue weighted by molar-refractivity contribution is 7.80. The first-order valence-corrected chi connectivity index (χ1v) is 9.44. The normalized spacial score (nSPS) is 28.6. The van der Waals surface area contributed by atoms with E-state index in [-0.39, 0.29) is 22.7 Å². The fourth-order valence-electron chi connectivity index (χ4n) is 4.15. The van der Waals surface area contributed by atoms with Gasteiger partial charge in [0.15, 0.2) is 5.71 Å². The number of hydrogen-bond acceptors (Lipinski definition) is 6. The van der Waals surface area contributed by atoms with Crippen molar-refractivity contribution in [2.24, 2.45) is 21.9 Å². The van der Waals surface area contributed by atoms with Gasteiger partial charge in [0, 0.05) is 17.4 Å². The summed E-state index contributed by atoms with van der Waals surface area (Å²) in [6, 6.07) is 10.7. The van der Waals surface area contributed by atoms with E-state index in [1.165, 1.54) is 0 Å². The average molecular weight is 360 g/mol. The fourth-order valence-corrected chi connectivity index (χ4v) is 5.38. The van der Waals surface area contributed by atoms with Crippen LogP contribution in [0.1, 0.15) is 38.7 Å². The van der Waals surface area contributed by atoms with Crippen LogP contribution in [0.3, 0.4) is 0 Å². The molecule has 0 heterocycles. The van der Waals surface area contributed by atoms with Crippen LogP contribution in [0.15, 0.2) is 35.5 Å². The maximum Gasteiger partial charge on any atom is 0.203 e. The summed E-state index contributed by atoms with van der Waals surface area (Å²) >= 11 is -1.82. The summed E-state index contributed by atoms with van der Waals surface area (Å²) in [5.74, 6) is 0.605. The first-order valence-electron chi connectivity index (χ1n) is 8.20. The predicted octanol–water partition coefficient (Wildman–Crippen LogP) is 2.92. The fraction of sp³-hybridized carbons (Fsp3) is 0.500. The summed E-state index contributed by atoms with van der Waals surface area (Å²) in [6.07, 6.45) is 2.26. The Labute approximate surface area is 149 Å². The SMILES string of the molecule is CC1(C)C2CCC1(CS(=O)OO/N=C(/C#N)c1ccccc1)C(=O)C2. The first-order chi connectivity index (χ1) is 11.9. The van der Waals surface area contributed by atoms with Crippen molar-refractivity contribution >= 4 is 22.6 Å². The Balaban J connectivity index is 1.63. The lowest BCUT2D eigenvalue weighted by molar-refractivity contribution is -0.197. The van der Waals surface area contributed by atoms with Gasteiger partial charge in [-0.15, -0.1) is 0 Å². The van der Waals surface area contributed by atoms with Crippen molar-refractivity contribution in [3.63, 3.8) is 0 Å². The monoisotopic (exact) mass is 360 g/mol. The van der Waals surface area contributed by atoms with E-state index in [1.54, 1.807) is 24.3 Å². The van der Waals surface area contributed by atoms with Crippen molar-refractivity contribution in [2.45, 2.75) is 33.1 Å². The number of Topliss-reactive ketones (excluding diaryl/α,β-unsaturated/α-hetero) is 1. The minimum atomic E-state index is -1.82.